The molecule has 1 aliphatic heterocycles. The van der Waals surface area contributed by atoms with Crippen LogP contribution in [-0.4, -0.2) is 51.8 Å². The van der Waals surface area contributed by atoms with Gasteiger partial charge in [-0.2, -0.15) is 5.10 Å². The standard InChI is InChI=1S/C25H28N7O2P/c1-15-5-6-19(35(3,4)34)12-20(15)16-9-17-11-23(29-30-24(17)21(26)10-16)28-25(33)22-7-8-32(22)18-13-27-31(2)14-18/h5-6,9-14,22H,7-8,26H2,1-4H3,(H,28,29,33). The number of hydrogen-bond acceptors (Lipinski definition) is 7. The van der Waals surface area contributed by atoms with Gasteiger partial charge in [0, 0.05) is 30.5 Å². The molecule has 1 saturated heterocycles. The fourth-order valence-electron chi connectivity index (χ4n) is 4.39. The van der Waals surface area contributed by atoms with Crippen LogP contribution in [0.2, 0.25) is 0 Å². The molecule has 0 saturated carbocycles. The quantitative estimate of drug-likeness (QED) is 0.326. The lowest BCUT2D eigenvalue weighted by Crippen LogP contribution is -2.54. The maximum Gasteiger partial charge on any atom is 0.248 e. The molecule has 1 aliphatic rings. The number of benzene rings is 2. The number of aryl methyl sites for hydroxylation is 2. The lowest BCUT2D eigenvalue weighted by molar-refractivity contribution is -0.118. The summed E-state index contributed by atoms with van der Waals surface area (Å²) in [5.41, 5.74) is 11.2. The van der Waals surface area contributed by atoms with Crippen LogP contribution in [0.25, 0.3) is 22.0 Å². The first-order chi connectivity index (χ1) is 16.6. The largest absolute Gasteiger partial charge is 0.397 e. The van der Waals surface area contributed by atoms with E-state index in [0.29, 0.717) is 17.0 Å². The number of nitrogens with two attached hydrogens (primary N) is 1. The number of hydrogen-bond donors (Lipinski definition) is 2. The topological polar surface area (TPSA) is 119 Å². The Morgan fingerprint density at radius 2 is 1.97 bits per heavy atom. The predicted octanol–water partition coefficient (Wildman–Crippen LogP) is 3.39. The molecule has 1 atom stereocenters. The summed E-state index contributed by atoms with van der Waals surface area (Å²) in [4.78, 5) is 15.0. The number of carbonyl (C=O) groups excluding carboxylic acids is 1. The van der Waals surface area contributed by atoms with Crippen molar-refractivity contribution in [2.45, 2.75) is 19.4 Å². The Morgan fingerprint density at radius 1 is 1.17 bits per heavy atom. The molecule has 1 amide bonds. The van der Waals surface area contributed by atoms with Gasteiger partial charge >= 0.3 is 0 Å². The molecule has 2 aromatic heterocycles. The molecule has 1 unspecified atom stereocenters. The minimum atomic E-state index is -2.41. The molecule has 9 nitrogen and oxygen atoms in total. The van der Waals surface area contributed by atoms with E-state index < -0.39 is 7.14 Å². The minimum Gasteiger partial charge on any atom is -0.397 e. The third kappa shape index (κ3) is 4.39. The van der Waals surface area contributed by atoms with Crippen LogP contribution in [0.4, 0.5) is 17.2 Å². The van der Waals surface area contributed by atoms with Gasteiger partial charge in [-0.05, 0) is 67.6 Å². The fraction of sp³-hybridized carbons (Fsp3) is 0.280. The molecule has 2 aromatic carbocycles. The van der Waals surface area contributed by atoms with E-state index in [1.165, 1.54) is 0 Å². The maximum absolute atomic E-state index is 13.0. The second-order valence-electron chi connectivity index (χ2n) is 9.44. The average Bonchev–Trinajstić information content (AvgIpc) is 3.17. The molecule has 5 rings (SSSR count). The summed E-state index contributed by atoms with van der Waals surface area (Å²) in [5, 5.41) is 17.1. The highest BCUT2D eigenvalue weighted by Crippen LogP contribution is 2.38. The summed E-state index contributed by atoms with van der Waals surface area (Å²) in [6.07, 6.45) is 4.41. The van der Waals surface area contributed by atoms with E-state index in [9.17, 15) is 9.36 Å². The molecule has 0 radical (unpaired) electrons. The van der Waals surface area contributed by atoms with Crippen molar-refractivity contribution in [2.75, 3.05) is 35.8 Å². The van der Waals surface area contributed by atoms with Crippen LogP contribution in [0.3, 0.4) is 0 Å². The summed E-state index contributed by atoms with van der Waals surface area (Å²) < 4.78 is 14.4. The molecule has 180 valence electrons. The van der Waals surface area contributed by atoms with Gasteiger partial charge in [-0.15, -0.1) is 10.2 Å². The minimum absolute atomic E-state index is 0.136. The van der Waals surface area contributed by atoms with E-state index in [-0.39, 0.29) is 11.9 Å². The number of anilines is 3. The molecule has 0 bridgehead atoms. The van der Waals surface area contributed by atoms with Crippen LogP contribution in [0.1, 0.15) is 12.0 Å². The van der Waals surface area contributed by atoms with Gasteiger partial charge in [0.25, 0.3) is 0 Å². The van der Waals surface area contributed by atoms with Gasteiger partial charge in [-0.3, -0.25) is 9.48 Å². The molecular formula is C25H28N7O2P. The number of nitrogens with one attached hydrogen (secondary N) is 1. The number of fused-ring (bicyclic) bond motifs is 1. The van der Waals surface area contributed by atoms with Crippen molar-refractivity contribution in [3.05, 3.63) is 54.4 Å². The molecule has 3 N–H and O–H groups in total. The van der Waals surface area contributed by atoms with E-state index in [2.05, 4.69) is 20.6 Å². The normalized spacial score (nSPS) is 15.8. The first-order valence-electron chi connectivity index (χ1n) is 11.4. The van der Waals surface area contributed by atoms with Crippen LogP contribution in [-0.2, 0) is 16.4 Å². The molecule has 0 aliphatic carbocycles. The second kappa shape index (κ2) is 8.50. The number of aromatic nitrogens is 4. The van der Waals surface area contributed by atoms with E-state index in [4.69, 9.17) is 5.73 Å². The first-order valence-corrected chi connectivity index (χ1v) is 14.0. The highest BCUT2D eigenvalue weighted by atomic mass is 31.2. The molecular weight excluding hydrogens is 461 g/mol. The van der Waals surface area contributed by atoms with Crippen molar-refractivity contribution in [3.8, 4) is 11.1 Å². The van der Waals surface area contributed by atoms with Gasteiger partial charge in [-0.25, -0.2) is 0 Å². The van der Waals surface area contributed by atoms with Crippen LogP contribution in [0.5, 0.6) is 0 Å². The Labute approximate surface area is 203 Å². The second-order valence-corrected chi connectivity index (χ2v) is 12.7. The molecule has 10 heteroatoms. The van der Waals surface area contributed by atoms with Crippen molar-refractivity contribution >= 4 is 46.4 Å². The van der Waals surface area contributed by atoms with Gasteiger partial charge < -0.3 is 20.5 Å². The zero-order valence-electron chi connectivity index (χ0n) is 20.2. The number of nitrogens with zero attached hydrogens (tertiary/aromatic N) is 5. The Hall–Kier alpha value is -3.71. The molecule has 1 fully saturated rings. The Balaban J connectivity index is 1.44. The Bertz CT molecular complexity index is 1510. The summed E-state index contributed by atoms with van der Waals surface area (Å²) >= 11 is 0. The van der Waals surface area contributed by atoms with Crippen molar-refractivity contribution in [3.63, 3.8) is 0 Å². The van der Waals surface area contributed by atoms with Crippen molar-refractivity contribution < 1.29 is 9.36 Å². The van der Waals surface area contributed by atoms with Gasteiger partial charge in [0.1, 0.15) is 18.7 Å². The molecule has 35 heavy (non-hydrogen) atoms. The zero-order chi connectivity index (χ0) is 24.9. The molecule has 0 spiro atoms. The Kier molecular flexibility index (Phi) is 5.60. The lowest BCUT2D eigenvalue weighted by atomic mass is 9.98. The van der Waals surface area contributed by atoms with Crippen molar-refractivity contribution in [1.82, 2.24) is 20.0 Å². The highest BCUT2D eigenvalue weighted by Gasteiger charge is 2.35. The van der Waals surface area contributed by atoms with Crippen LogP contribution in [0.15, 0.2) is 48.8 Å². The third-order valence-electron chi connectivity index (χ3n) is 6.47. The monoisotopic (exact) mass is 489 g/mol. The van der Waals surface area contributed by atoms with E-state index >= 15 is 0 Å². The fourth-order valence-corrected chi connectivity index (χ4v) is 5.27. The maximum atomic E-state index is 13.0. The number of rotatable bonds is 5. The molecule has 3 heterocycles. The number of carbonyl (C=O) groups is 1. The average molecular weight is 490 g/mol. The SMILES string of the molecule is Cc1ccc(P(C)(C)=O)cc1-c1cc(N)c2nnc(NC(=O)C3CCN3c3cnn(C)c3)cc2c1. The molecule has 4 aromatic rings. The van der Waals surface area contributed by atoms with Gasteiger partial charge in [0.15, 0.2) is 5.82 Å². The van der Waals surface area contributed by atoms with Crippen molar-refractivity contribution in [1.29, 1.82) is 0 Å². The van der Waals surface area contributed by atoms with Crippen molar-refractivity contribution in [2.24, 2.45) is 7.05 Å². The third-order valence-corrected chi connectivity index (χ3v) is 7.99. The van der Waals surface area contributed by atoms with Gasteiger partial charge in [0.05, 0.1) is 17.6 Å². The highest BCUT2D eigenvalue weighted by molar-refractivity contribution is 7.70. The zero-order valence-corrected chi connectivity index (χ0v) is 21.1. The van der Waals surface area contributed by atoms with Crippen LogP contribution < -0.4 is 21.3 Å². The smallest absolute Gasteiger partial charge is 0.248 e. The van der Waals surface area contributed by atoms with Gasteiger partial charge in [-0.1, -0.05) is 12.1 Å². The predicted molar refractivity (Wildman–Crippen MR) is 141 cm³/mol. The van der Waals surface area contributed by atoms with Crippen LogP contribution >= 0.6 is 7.14 Å². The Morgan fingerprint density at radius 3 is 2.63 bits per heavy atom. The van der Waals surface area contributed by atoms with E-state index in [0.717, 1.165) is 46.0 Å². The summed E-state index contributed by atoms with van der Waals surface area (Å²) in [7, 11) is -0.562. The number of nitrogen functional groups attached to an aromatic ring is 1. The van der Waals surface area contributed by atoms with E-state index in [1.807, 2.05) is 55.4 Å². The number of amides is 1. The van der Waals surface area contributed by atoms with Crippen LogP contribution in [0, 0.1) is 6.92 Å². The van der Waals surface area contributed by atoms with Gasteiger partial charge in [0.2, 0.25) is 5.91 Å². The summed E-state index contributed by atoms with van der Waals surface area (Å²) in [6, 6.07) is 11.2. The summed E-state index contributed by atoms with van der Waals surface area (Å²) in [5.74, 6) is 0.234. The lowest BCUT2D eigenvalue weighted by Gasteiger charge is -2.40. The summed E-state index contributed by atoms with van der Waals surface area (Å²) in [6.45, 7) is 6.34. The first kappa shape index (κ1) is 23.1. The van der Waals surface area contributed by atoms with E-state index in [1.54, 1.807) is 30.3 Å².